The van der Waals surface area contributed by atoms with Crippen LogP contribution in [-0.4, -0.2) is 35.8 Å². The fraction of sp³-hybridized carbons (Fsp3) is 0.368. The largest absolute Gasteiger partial charge is 0.349 e. The zero-order valence-electron chi connectivity index (χ0n) is 13.4. The number of nitrogens with zero attached hydrogens (tertiary/aromatic N) is 1. The monoisotopic (exact) mass is 340 g/mol. The molecular formula is C19H20N2O2S. The molecule has 1 aromatic heterocycles. The Kier molecular flexibility index (Phi) is 3.88. The first-order chi connectivity index (χ1) is 11.7. The lowest BCUT2D eigenvalue weighted by Gasteiger charge is -2.32. The van der Waals surface area contributed by atoms with Crippen LogP contribution in [0.5, 0.6) is 0 Å². The minimum absolute atomic E-state index is 0.00886. The summed E-state index contributed by atoms with van der Waals surface area (Å²) in [7, 11) is 0. The third-order valence-electron chi connectivity index (χ3n) is 5.31. The van der Waals surface area contributed by atoms with Gasteiger partial charge in [0.2, 0.25) is 0 Å². The first-order valence-corrected chi connectivity index (χ1v) is 9.25. The number of amides is 2. The maximum Gasteiger partial charge on any atom is 0.263 e. The Morgan fingerprint density at radius 2 is 1.83 bits per heavy atom. The average molecular weight is 340 g/mol. The van der Waals surface area contributed by atoms with Crippen LogP contribution < -0.4 is 5.32 Å². The smallest absolute Gasteiger partial charge is 0.263 e. The van der Waals surface area contributed by atoms with E-state index < -0.39 is 0 Å². The Hall–Kier alpha value is -2.14. The molecule has 0 radical (unpaired) electrons. The highest BCUT2D eigenvalue weighted by Crippen LogP contribution is 2.54. The van der Waals surface area contributed by atoms with Gasteiger partial charge in [-0.2, -0.15) is 0 Å². The van der Waals surface area contributed by atoms with Crippen molar-refractivity contribution in [2.24, 2.45) is 5.41 Å². The van der Waals surface area contributed by atoms with Crippen LogP contribution in [0.3, 0.4) is 0 Å². The second-order valence-corrected chi connectivity index (χ2v) is 7.68. The number of carbonyl (C=O) groups is 2. The van der Waals surface area contributed by atoms with Crippen molar-refractivity contribution in [3.05, 3.63) is 58.3 Å². The third-order valence-corrected chi connectivity index (χ3v) is 6.17. The van der Waals surface area contributed by atoms with E-state index in [4.69, 9.17) is 0 Å². The van der Waals surface area contributed by atoms with Gasteiger partial charge in [0.05, 0.1) is 4.88 Å². The second-order valence-electron chi connectivity index (χ2n) is 6.73. The van der Waals surface area contributed by atoms with Crippen molar-refractivity contribution >= 4 is 23.2 Å². The number of hydrogen-bond acceptors (Lipinski definition) is 3. The summed E-state index contributed by atoms with van der Waals surface area (Å²) in [6.45, 7) is 1.57. The lowest BCUT2D eigenvalue weighted by molar-refractivity contribution is 0.0672. The number of thiophene rings is 1. The first-order valence-electron chi connectivity index (χ1n) is 8.37. The molecule has 1 aromatic carbocycles. The summed E-state index contributed by atoms with van der Waals surface area (Å²) >= 11 is 1.50. The summed E-state index contributed by atoms with van der Waals surface area (Å²) in [5.41, 5.74) is 0.918. The van der Waals surface area contributed by atoms with Crippen LogP contribution in [0, 0.1) is 5.41 Å². The highest BCUT2D eigenvalue weighted by Gasteiger charge is 2.55. The Bertz CT molecular complexity index is 734. The molecule has 2 aromatic rings. The predicted molar refractivity (Wildman–Crippen MR) is 94.2 cm³/mol. The van der Waals surface area contributed by atoms with E-state index in [0.717, 1.165) is 37.2 Å². The van der Waals surface area contributed by atoms with Crippen molar-refractivity contribution in [3.8, 4) is 0 Å². The quantitative estimate of drug-likeness (QED) is 0.933. The molecule has 2 fully saturated rings. The normalized spacial score (nSPS) is 21.5. The lowest BCUT2D eigenvalue weighted by atomic mass is 9.92. The molecule has 24 heavy (non-hydrogen) atoms. The summed E-state index contributed by atoms with van der Waals surface area (Å²) in [5, 5.41) is 5.10. The Balaban J connectivity index is 1.32. The second kappa shape index (κ2) is 6.06. The maximum absolute atomic E-state index is 12.4. The van der Waals surface area contributed by atoms with Crippen LogP contribution in [0.2, 0.25) is 0 Å². The molecular weight excluding hydrogens is 320 g/mol. The molecule has 5 heteroatoms. The standard InChI is InChI=1S/C19H20N2O2S/c22-17(14-5-2-1-3-6-14)20-16-13-19(16)8-10-21(11-9-19)18(23)15-7-4-12-24-15/h1-7,12,16H,8-11,13H2,(H,20,22). The zero-order chi connectivity index (χ0) is 16.6. The lowest BCUT2D eigenvalue weighted by Crippen LogP contribution is -2.41. The number of piperidine rings is 1. The maximum atomic E-state index is 12.4. The Morgan fingerprint density at radius 3 is 2.50 bits per heavy atom. The fourth-order valence-electron chi connectivity index (χ4n) is 3.65. The highest BCUT2D eigenvalue weighted by molar-refractivity contribution is 7.12. The summed E-state index contributed by atoms with van der Waals surface area (Å²) in [5.74, 6) is 0.153. The Labute approximate surface area is 145 Å². The van der Waals surface area contributed by atoms with Gasteiger partial charge < -0.3 is 10.2 Å². The van der Waals surface area contributed by atoms with Gasteiger partial charge in [-0.25, -0.2) is 0 Å². The van der Waals surface area contributed by atoms with Gasteiger partial charge >= 0.3 is 0 Å². The van der Waals surface area contributed by atoms with Crippen LogP contribution in [0.4, 0.5) is 0 Å². The van der Waals surface area contributed by atoms with Crippen LogP contribution in [0.25, 0.3) is 0 Å². The van der Waals surface area contributed by atoms with E-state index >= 15 is 0 Å². The van der Waals surface area contributed by atoms with Crippen LogP contribution >= 0.6 is 11.3 Å². The first kappa shape index (κ1) is 15.4. The Morgan fingerprint density at radius 1 is 1.08 bits per heavy atom. The number of rotatable bonds is 3. The van der Waals surface area contributed by atoms with Gasteiger partial charge in [0.1, 0.15) is 0 Å². The minimum atomic E-state index is 0.00886. The van der Waals surface area contributed by atoms with Gasteiger partial charge in [0, 0.05) is 24.7 Å². The SMILES string of the molecule is O=C(NC1CC12CCN(C(=O)c1cccs1)CC2)c1ccccc1. The minimum Gasteiger partial charge on any atom is -0.349 e. The molecule has 1 aliphatic carbocycles. The van der Waals surface area contributed by atoms with Crippen LogP contribution in [0.15, 0.2) is 47.8 Å². The summed E-state index contributed by atoms with van der Waals surface area (Å²) in [6, 6.07) is 13.4. The van der Waals surface area contributed by atoms with Gasteiger partial charge in [-0.3, -0.25) is 9.59 Å². The molecule has 124 valence electrons. The fourth-order valence-corrected chi connectivity index (χ4v) is 4.34. The van der Waals surface area contributed by atoms with Crippen molar-refractivity contribution in [2.45, 2.75) is 25.3 Å². The molecule has 4 nitrogen and oxygen atoms in total. The van der Waals surface area contributed by atoms with Gasteiger partial charge in [-0.1, -0.05) is 24.3 Å². The van der Waals surface area contributed by atoms with E-state index in [2.05, 4.69) is 5.32 Å². The van der Waals surface area contributed by atoms with E-state index in [-0.39, 0.29) is 23.3 Å². The number of hydrogen-bond donors (Lipinski definition) is 1. The van der Waals surface area contributed by atoms with Crippen molar-refractivity contribution < 1.29 is 9.59 Å². The molecule has 1 unspecified atom stereocenters. The molecule has 1 N–H and O–H groups in total. The van der Waals surface area contributed by atoms with E-state index in [1.165, 1.54) is 11.3 Å². The third kappa shape index (κ3) is 2.84. The van der Waals surface area contributed by atoms with Gasteiger partial charge in [0.25, 0.3) is 11.8 Å². The summed E-state index contributed by atoms with van der Waals surface area (Å²) in [4.78, 5) is 27.4. The van der Waals surface area contributed by atoms with Crippen molar-refractivity contribution in [3.63, 3.8) is 0 Å². The van der Waals surface area contributed by atoms with Gasteiger partial charge in [-0.05, 0) is 48.3 Å². The van der Waals surface area contributed by atoms with Crippen molar-refractivity contribution in [1.29, 1.82) is 0 Å². The van der Waals surface area contributed by atoms with Crippen LogP contribution in [0.1, 0.15) is 39.3 Å². The molecule has 1 spiro atoms. The van der Waals surface area contributed by atoms with Gasteiger partial charge in [-0.15, -0.1) is 11.3 Å². The molecule has 1 saturated carbocycles. The molecule has 2 amide bonds. The topological polar surface area (TPSA) is 49.4 Å². The van der Waals surface area contributed by atoms with E-state index in [1.54, 1.807) is 0 Å². The van der Waals surface area contributed by atoms with Crippen LogP contribution in [-0.2, 0) is 0 Å². The summed E-state index contributed by atoms with van der Waals surface area (Å²) in [6.07, 6.45) is 2.99. The highest BCUT2D eigenvalue weighted by atomic mass is 32.1. The van der Waals surface area contributed by atoms with E-state index in [1.807, 2.05) is 52.7 Å². The van der Waals surface area contributed by atoms with E-state index in [9.17, 15) is 9.59 Å². The predicted octanol–water partition coefficient (Wildman–Crippen LogP) is 3.17. The number of carbonyl (C=O) groups excluding carboxylic acids is 2. The molecule has 4 rings (SSSR count). The van der Waals surface area contributed by atoms with Gasteiger partial charge in [0.15, 0.2) is 0 Å². The molecule has 2 heterocycles. The molecule has 1 aliphatic heterocycles. The average Bonchev–Trinajstić information content (AvgIpc) is 3.03. The van der Waals surface area contributed by atoms with E-state index in [0.29, 0.717) is 5.56 Å². The number of benzene rings is 1. The molecule has 1 atom stereocenters. The number of likely N-dealkylation sites (tertiary alicyclic amines) is 1. The van der Waals surface area contributed by atoms with Crippen molar-refractivity contribution in [1.82, 2.24) is 10.2 Å². The zero-order valence-corrected chi connectivity index (χ0v) is 14.2. The van der Waals surface area contributed by atoms with Crippen molar-refractivity contribution in [2.75, 3.05) is 13.1 Å². The molecule has 0 bridgehead atoms. The molecule has 2 aliphatic rings. The summed E-state index contributed by atoms with van der Waals surface area (Å²) < 4.78 is 0. The molecule has 1 saturated heterocycles. The number of nitrogens with one attached hydrogen (secondary N) is 1.